The predicted molar refractivity (Wildman–Crippen MR) is 53.2 cm³/mol. The second-order valence-corrected chi connectivity index (χ2v) is 5.92. The van der Waals surface area contributed by atoms with Crippen molar-refractivity contribution in [3.63, 3.8) is 0 Å². The van der Waals surface area contributed by atoms with Gasteiger partial charge in [0.15, 0.2) is 0 Å². The average Bonchev–Trinajstić information content (AvgIpc) is 2.01. The molecule has 1 aliphatic rings. The topological polar surface area (TPSA) is 18.5 Å². The molecule has 0 atom stereocenters. The molecule has 0 aromatic heterocycles. The molecule has 13 heavy (non-hydrogen) atoms. The highest BCUT2D eigenvalue weighted by Crippen LogP contribution is 2.52. The molecule has 0 N–H and O–H groups in total. The van der Waals surface area contributed by atoms with Gasteiger partial charge in [0.05, 0.1) is 13.2 Å². The van der Waals surface area contributed by atoms with E-state index >= 15 is 0 Å². The summed E-state index contributed by atoms with van der Waals surface area (Å²) in [4.78, 5) is 10.4. The van der Waals surface area contributed by atoms with Crippen LogP contribution in [0.5, 0.6) is 0 Å². The van der Waals surface area contributed by atoms with E-state index in [9.17, 15) is 0 Å². The van der Waals surface area contributed by atoms with Crippen LogP contribution in [0.3, 0.4) is 0 Å². The Morgan fingerprint density at radius 3 is 1.31 bits per heavy atom. The van der Waals surface area contributed by atoms with Crippen molar-refractivity contribution in [1.29, 1.82) is 0 Å². The van der Waals surface area contributed by atoms with Crippen LogP contribution >= 0.6 is 0 Å². The summed E-state index contributed by atoms with van der Waals surface area (Å²) >= 11 is 0. The lowest BCUT2D eigenvalue weighted by Crippen LogP contribution is -2.46. The van der Waals surface area contributed by atoms with E-state index in [1.807, 2.05) is 0 Å². The van der Waals surface area contributed by atoms with E-state index in [1.165, 1.54) is 0 Å². The molecule has 0 spiro atoms. The molecule has 0 bridgehead atoms. The van der Waals surface area contributed by atoms with Gasteiger partial charge in [0.1, 0.15) is 0 Å². The highest BCUT2D eigenvalue weighted by molar-refractivity contribution is 4.96. The summed E-state index contributed by atoms with van der Waals surface area (Å²) < 4.78 is 0. The summed E-state index contributed by atoms with van der Waals surface area (Å²) in [5.41, 5.74) is 0.497. The van der Waals surface area contributed by atoms with E-state index in [0.717, 1.165) is 0 Å². The van der Waals surface area contributed by atoms with Gasteiger partial charge in [-0.1, -0.05) is 41.5 Å². The zero-order valence-corrected chi connectivity index (χ0v) is 9.73. The molecule has 0 radical (unpaired) electrons. The molecule has 0 amide bonds. The minimum Gasteiger partial charge on any atom is -0.236 e. The molecule has 1 heterocycles. The van der Waals surface area contributed by atoms with Crippen LogP contribution < -0.4 is 0 Å². The van der Waals surface area contributed by atoms with Crippen LogP contribution in [0.2, 0.25) is 0 Å². The summed E-state index contributed by atoms with van der Waals surface area (Å²) in [5.74, 6) is 0. The van der Waals surface area contributed by atoms with Crippen molar-refractivity contribution >= 4 is 0 Å². The van der Waals surface area contributed by atoms with Crippen molar-refractivity contribution in [3.05, 3.63) is 0 Å². The molecule has 78 valence electrons. The second kappa shape index (κ2) is 2.96. The normalized spacial score (nSPS) is 30.9. The monoisotopic (exact) mass is 186 g/mol. The van der Waals surface area contributed by atoms with Crippen molar-refractivity contribution < 1.29 is 9.78 Å². The van der Waals surface area contributed by atoms with E-state index in [2.05, 4.69) is 41.5 Å². The zero-order chi connectivity index (χ0) is 10.3. The molecule has 2 nitrogen and oxygen atoms in total. The molecule has 1 aliphatic heterocycles. The van der Waals surface area contributed by atoms with Crippen LogP contribution in [0.4, 0.5) is 0 Å². The smallest absolute Gasteiger partial charge is 0.0878 e. The van der Waals surface area contributed by atoms with E-state index in [-0.39, 0.29) is 16.2 Å². The van der Waals surface area contributed by atoms with Crippen LogP contribution in [0.1, 0.15) is 41.5 Å². The molecule has 0 unspecified atom stereocenters. The molecule has 0 aromatic carbocycles. The highest BCUT2D eigenvalue weighted by Gasteiger charge is 2.50. The van der Waals surface area contributed by atoms with Crippen molar-refractivity contribution in [2.75, 3.05) is 13.2 Å². The zero-order valence-electron chi connectivity index (χ0n) is 9.73. The number of rotatable bonds is 0. The van der Waals surface area contributed by atoms with Crippen LogP contribution in [-0.2, 0) is 9.78 Å². The fourth-order valence-corrected chi connectivity index (χ4v) is 1.65. The van der Waals surface area contributed by atoms with E-state index in [4.69, 9.17) is 9.78 Å². The third-order valence-corrected chi connectivity index (χ3v) is 4.31. The van der Waals surface area contributed by atoms with Gasteiger partial charge in [0, 0.05) is 0 Å². The van der Waals surface area contributed by atoms with Gasteiger partial charge in [-0.3, -0.25) is 0 Å². The number of hydrogen-bond donors (Lipinski definition) is 0. The predicted octanol–water partition coefficient (Wildman–Crippen LogP) is 3.03. The highest BCUT2D eigenvalue weighted by atomic mass is 17.2. The Morgan fingerprint density at radius 1 is 0.692 bits per heavy atom. The molecule has 0 aromatic rings. The fourth-order valence-electron chi connectivity index (χ4n) is 1.65. The molecule has 2 heteroatoms. The first-order valence-electron chi connectivity index (χ1n) is 4.95. The van der Waals surface area contributed by atoms with E-state index < -0.39 is 0 Å². The Hall–Kier alpha value is -0.0800. The lowest BCUT2D eigenvalue weighted by atomic mass is 9.55. The Labute approximate surface area is 81.5 Å². The maximum Gasteiger partial charge on any atom is 0.0878 e. The van der Waals surface area contributed by atoms with E-state index in [0.29, 0.717) is 13.2 Å². The molecular weight excluding hydrogens is 164 g/mol. The summed E-state index contributed by atoms with van der Waals surface area (Å²) in [5, 5.41) is 0. The largest absolute Gasteiger partial charge is 0.236 e. The van der Waals surface area contributed by atoms with Gasteiger partial charge in [-0.2, -0.15) is 0 Å². The Balaban J connectivity index is 3.03. The van der Waals surface area contributed by atoms with Crippen LogP contribution in [0, 0.1) is 16.2 Å². The van der Waals surface area contributed by atoms with Crippen LogP contribution in [-0.4, -0.2) is 13.2 Å². The lowest BCUT2D eigenvalue weighted by Gasteiger charge is -2.48. The van der Waals surface area contributed by atoms with Gasteiger partial charge >= 0.3 is 0 Å². The summed E-state index contributed by atoms with van der Waals surface area (Å²) in [6, 6.07) is 0. The van der Waals surface area contributed by atoms with Gasteiger partial charge in [-0.05, 0) is 16.2 Å². The summed E-state index contributed by atoms with van der Waals surface area (Å²) in [6.07, 6.45) is 0. The third kappa shape index (κ3) is 1.62. The van der Waals surface area contributed by atoms with Crippen LogP contribution in [0.15, 0.2) is 0 Å². The third-order valence-electron chi connectivity index (χ3n) is 4.31. The standard InChI is InChI=1S/C11H22O2/c1-9(2)7-12-13-8-10(3,4)11(9,5)6/h7-8H2,1-6H3. The summed E-state index contributed by atoms with van der Waals surface area (Å²) in [7, 11) is 0. The lowest BCUT2D eigenvalue weighted by molar-refractivity contribution is -0.304. The molecule has 1 rings (SSSR count). The first-order chi connectivity index (χ1) is 5.71. The van der Waals surface area contributed by atoms with Crippen molar-refractivity contribution in [3.8, 4) is 0 Å². The van der Waals surface area contributed by atoms with Crippen molar-refractivity contribution in [2.45, 2.75) is 41.5 Å². The van der Waals surface area contributed by atoms with Crippen molar-refractivity contribution in [1.82, 2.24) is 0 Å². The van der Waals surface area contributed by atoms with Crippen LogP contribution in [0.25, 0.3) is 0 Å². The molecule has 1 saturated heterocycles. The quantitative estimate of drug-likeness (QED) is 0.541. The van der Waals surface area contributed by atoms with E-state index in [1.54, 1.807) is 0 Å². The SMILES string of the molecule is CC1(C)COOCC(C)(C)C1(C)C. The molecule has 0 saturated carbocycles. The van der Waals surface area contributed by atoms with Crippen molar-refractivity contribution in [2.24, 2.45) is 16.2 Å². The molecule has 0 aliphatic carbocycles. The van der Waals surface area contributed by atoms with Gasteiger partial charge in [-0.15, -0.1) is 0 Å². The number of hydrogen-bond acceptors (Lipinski definition) is 2. The second-order valence-electron chi connectivity index (χ2n) is 5.92. The molecule has 1 fully saturated rings. The van der Waals surface area contributed by atoms with Gasteiger partial charge in [0.2, 0.25) is 0 Å². The Bertz CT molecular complexity index is 172. The molecular formula is C11H22O2. The Morgan fingerprint density at radius 2 is 1.00 bits per heavy atom. The average molecular weight is 186 g/mol. The minimum atomic E-state index is 0.146. The Kier molecular flexibility index (Phi) is 2.50. The van der Waals surface area contributed by atoms with Gasteiger partial charge in [-0.25, -0.2) is 9.78 Å². The maximum absolute atomic E-state index is 5.18. The fraction of sp³-hybridized carbons (Fsp3) is 1.00. The maximum atomic E-state index is 5.18. The van der Waals surface area contributed by atoms with Gasteiger partial charge in [0.25, 0.3) is 0 Å². The first-order valence-corrected chi connectivity index (χ1v) is 4.95. The van der Waals surface area contributed by atoms with Gasteiger partial charge < -0.3 is 0 Å². The first kappa shape index (κ1) is 11.0. The summed E-state index contributed by atoms with van der Waals surface area (Å²) in [6.45, 7) is 14.9. The minimum absolute atomic E-state index is 0.146.